The standard InChI is InChI=1S/C14H22N2O2/c1-11(2)13(8-9-15)16-14(17)10-18-12-6-4-3-5-7-12/h3-7,11,13H,8-10,15H2,1-2H3,(H,16,17). The number of para-hydroxylation sites is 1. The van der Waals surface area contributed by atoms with Crippen LogP contribution in [-0.4, -0.2) is 25.1 Å². The molecule has 0 fully saturated rings. The summed E-state index contributed by atoms with van der Waals surface area (Å²) in [5, 5.41) is 2.94. The van der Waals surface area contributed by atoms with Gasteiger partial charge in [0.1, 0.15) is 5.75 Å². The molecule has 1 aromatic carbocycles. The molecular weight excluding hydrogens is 228 g/mol. The van der Waals surface area contributed by atoms with Crippen LogP contribution in [0.5, 0.6) is 5.75 Å². The van der Waals surface area contributed by atoms with E-state index in [-0.39, 0.29) is 18.6 Å². The number of hydrogen-bond donors (Lipinski definition) is 2. The quantitative estimate of drug-likeness (QED) is 0.771. The van der Waals surface area contributed by atoms with E-state index in [9.17, 15) is 4.79 Å². The number of carbonyl (C=O) groups is 1. The summed E-state index contributed by atoms with van der Waals surface area (Å²) in [5.74, 6) is 0.966. The van der Waals surface area contributed by atoms with Crippen molar-refractivity contribution < 1.29 is 9.53 Å². The summed E-state index contributed by atoms with van der Waals surface area (Å²) < 4.78 is 5.38. The Morgan fingerprint density at radius 2 is 2.00 bits per heavy atom. The maximum absolute atomic E-state index is 11.7. The Kier molecular flexibility index (Phi) is 6.22. The number of amides is 1. The molecule has 0 saturated heterocycles. The van der Waals surface area contributed by atoms with Crippen LogP contribution >= 0.6 is 0 Å². The van der Waals surface area contributed by atoms with E-state index >= 15 is 0 Å². The van der Waals surface area contributed by atoms with Crippen molar-refractivity contribution in [2.45, 2.75) is 26.3 Å². The van der Waals surface area contributed by atoms with Crippen molar-refractivity contribution in [1.82, 2.24) is 5.32 Å². The largest absolute Gasteiger partial charge is 0.484 e. The fourth-order valence-corrected chi connectivity index (χ4v) is 1.67. The number of carbonyl (C=O) groups excluding carboxylic acids is 1. The van der Waals surface area contributed by atoms with Crippen LogP contribution in [0.4, 0.5) is 0 Å². The molecule has 4 heteroatoms. The molecule has 0 aliphatic heterocycles. The van der Waals surface area contributed by atoms with Crippen LogP contribution in [-0.2, 0) is 4.79 Å². The zero-order chi connectivity index (χ0) is 13.4. The molecule has 0 aliphatic carbocycles. The Bertz CT molecular complexity index is 352. The predicted octanol–water partition coefficient (Wildman–Crippen LogP) is 1.55. The van der Waals surface area contributed by atoms with Gasteiger partial charge >= 0.3 is 0 Å². The Hall–Kier alpha value is -1.55. The van der Waals surface area contributed by atoms with Gasteiger partial charge in [0.05, 0.1) is 0 Å². The van der Waals surface area contributed by atoms with Crippen molar-refractivity contribution in [2.75, 3.05) is 13.2 Å². The third-order valence-electron chi connectivity index (χ3n) is 2.74. The van der Waals surface area contributed by atoms with Crippen LogP contribution in [0.15, 0.2) is 30.3 Å². The van der Waals surface area contributed by atoms with E-state index in [1.54, 1.807) is 0 Å². The molecule has 0 radical (unpaired) electrons. The first-order valence-electron chi connectivity index (χ1n) is 6.30. The molecule has 0 spiro atoms. The zero-order valence-electron chi connectivity index (χ0n) is 11.1. The summed E-state index contributed by atoms with van der Waals surface area (Å²) >= 11 is 0. The Labute approximate surface area is 109 Å². The fraction of sp³-hybridized carbons (Fsp3) is 0.500. The van der Waals surface area contributed by atoms with Crippen LogP contribution in [0.1, 0.15) is 20.3 Å². The molecule has 0 saturated carbocycles. The molecular formula is C14H22N2O2. The summed E-state index contributed by atoms with van der Waals surface area (Å²) in [7, 11) is 0. The molecule has 0 bridgehead atoms. The van der Waals surface area contributed by atoms with Gasteiger partial charge in [0.2, 0.25) is 0 Å². The van der Waals surface area contributed by atoms with Gasteiger partial charge in [-0.3, -0.25) is 4.79 Å². The highest BCUT2D eigenvalue weighted by atomic mass is 16.5. The molecule has 1 rings (SSSR count). The van der Waals surface area contributed by atoms with Crippen LogP contribution < -0.4 is 15.8 Å². The summed E-state index contributed by atoms with van der Waals surface area (Å²) in [6.07, 6.45) is 0.786. The number of ether oxygens (including phenoxy) is 1. The highest BCUT2D eigenvalue weighted by Gasteiger charge is 2.15. The lowest BCUT2D eigenvalue weighted by Crippen LogP contribution is -2.42. The van der Waals surface area contributed by atoms with Crippen molar-refractivity contribution >= 4 is 5.91 Å². The van der Waals surface area contributed by atoms with E-state index in [1.165, 1.54) is 0 Å². The van der Waals surface area contributed by atoms with Crippen LogP contribution in [0, 0.1) is 5.92 Å². The number of rotatable bonds is 7. The summed E-state index contributed by atoms with van der Waals surface area (Å²) in [6, 6.07) is 9.42. The SMILES string of the molecule is CC(C)C(CCN)NC(=O)COc1ccccc1. The van der Waals surface area contributed by atoms with E-state index in [1.807, 2.05) is 30.3 Å². The van der Waals surface area contributed by atoms with Crippen molar-refractivity contribution in [3.8, 4) is 5.75 Å². The molecule has 1 aromatic rings. The molecule has 18 heavy (non-hydrogen) atoms. The minimum Gasteiger partial charge on any atom is -0.484 e. The van der Waals surface area contributed by atoms with Crippen molar-refractivity contribution in [2.24, 2.45) is 11.7 Å². The maximum Gasteiger partial charge on any atom is 0.258 e. The highest BCUT2D eigenvalue weighted by Crippen LogP contribution is 2.08. The minimum absolute atomic E-state index is 0.0395. The number of hydrogen-bond acceptors (Lipinski definition) is 3. The first kappa shape index (κ1) is 14.5. The molecule has 0 heterocycles. The Morgan fingerprint density at radius 3 is 2.56 bits per heavy atom. The molecule has 1 unspecified atom stereocenters. The maximum atomic E-state index is 11.7. The van der Waals surface area contributed by atoms with Gasteiger partial charge in [0, 0.05) is 6.04 Å². The van der Waals surface area contributed by atoms with Gasteiger partial charge in [-0.1, -0.05) is 32.0 Å². The van der Waals surface area contributed by atoms with Crippen molar-refractivity contribution in [3.63, 3.8) is 0 Å². The minimum atomic E-state index is -0.106. The zero-order valence-corrected chi connectivity index (χ0v) is 11.1. The third kappa shape index (κ3) is 5.19. The molecule has 1 amide bonds. The number of nitrogens with two attached hydrogens (primary N) is 1. The molecule has 4 nitrogen and oxygen atoms in total. The van der Waals surface area contributed by atoms with Gasteiger partial charge in [-0.2, -0.15) is 0 Å². The van der Waals surface area contributed by atoms with E-state index in [4.69, 9.17) is 10.5 Å². The second-order valence-corrected chi connectivity index (χ2v) is 4.60. The second kappa shape index (κ2) is 7.71. The van der Waals surface area contributed by atoms with Gasteiger partial charge in [0.25, 0.3) is 5.91 Å². The molecule has 1 atom stereocenters. The lowest BCUT2D eigenvalue weighted by molar-refractivity contribution is -0.124. The fourth-order valence-electron chi connectivity index (χ4n) is 1.67. The predicted molar refractivity (Wildman–Crippen MR) is 72.4 cm³/mol. The second-order valence-electron chi connectivity index (χ2n) is 4.60. The van der Waals surface area contributed by atoms with E-state index < -0.39 is 0 Å². The molecule has 100 valence electrons. The first-order valence-corrected chi connectivity index (χ1v) is 6.30. The van der Waals surface area contributed by atoms with Gasteiger partial charge in [-0.05, 0) is 31.0 Å². The third-order valence-corrected chi connectivity index (χ3v) is 2.74. The summed E-state index contributed by atoms with van der Waals surface area (Å²) in [5.41, 5.74) is 5.53. The van der Waals surface area contributed by atoms with E-state index in [0.29, 0.717) is 18.2 Å². The topological polar surface area (TPSA) is 64.3 Å². The van der Waals surface area contributed by atoms with Crippen LogP contribution in [0.2, 0.25) is 0 Å². The summed E-state index contributed by atoms with van der Waals surface area (Å²) in [4.78, 5) is 11.7. The summed E-state index contributed by atoms with van der Waals surface area (Å²) in [6.45, 7) is 4.75. The monoisotopic (exact) mass is 250 g/mol. The highest BCUT2D eigenvalue weighted by molar-refractivity contribution is 5.77. The average molecular weight is 250 g/mol. The molecule has 0 aromatic heterocycles. The number of nitrogens with one attached hydrogen (secondary N) is 1. The Balaban J connectivity index is 2.36. The van der Waals surface area contributed by atoms with Crippen molar-refractivity contribution in [1.29, 1.82) is 0 Å². The van der Waals surface area contributed by atoms with Crippen LogP contribution in [0.3, 0.4) is 0 Å². The lowest BCUT2D eigenvalue weighted by Gasteiger charge is -2.21. The van der Waals surface area contributed by atoms with E-state index in [2.05, 4.69) is 19.2 Å². The van der Waals surface area contributed by atoms with Gasteiger partial charge in [0.15, 0.2) is 6.61 Å². The lowest BCUT2D eigenvalue weighted by atomic mass is 10.0. The van der Waals surface area contributed by atoms with E-state index in [0.717, 1.165) is 6.42 Å². The smallest absolute Gasteiger partial charge is 0.258 e. The van der Waals surface area contributed by atoms with Gasteiger partial charge < -0.3 is 15.8 Å². The van der Waals surface area contributed by atoms with Crippen LogP contribution in [0.25, 0.3) is 0 Å². The number of benzene rings is 1. The average Bonchev–Trinajstić information content (AvgIpc) is 2.37. The van der Waals surface area contributed by atoms with Crippen molar-refractivity contribution in [3.05, 3.63) is 30.3 Å². The molecule has 3 N–H and O–H groups in total. The molecule has 0 aliphatic rings. The van der Waals surface area contributed by atoms with Gasteiger partial charge in [-0.25, -0.2) is 0 Å². The normalized spacial score (nSPS) is 12.2. The van der Waals surface area contributed by atoms with Gasteiger partial charge in [-0.15, -0.1) is 0 Å². The Morgan fingerprint density at radius 1 is 1.33 bits per heavy atom. The first-order chi connectivity index (χ1) is 8.63.